The molecular weight excluding hydrogens is 228 g/mol. The minimum absolute atomic E-state index is 0.0240. The van der Waals surface area contributed by atoms with Gasteiger partial charge < -0.3 is 9.84 Å². The molecule has 2 aromatic rings. The Morgan fingerprint density at radius 1 is 1.33 bits per heavy atom. The van der Waals surface area contributed by atoms with Crippen molar-refractivity contribution in [3.63, 3.8) is 0 Å². The van der Waals surface area contributed by atoms with Gasteiger partial charge in [0.25, 0.3) is 0 Å². The Labute approximate surface area is 105 Å². The highest BCUT2D eigenvalue weighted by Crippen LogP contribution is 2.28. The number of aromatic hydroxyl groups is 1. The average Bonchev–Trinajstić information content (AvgIpc) is 2.34. The summed E-state index contributed by atoms with van der Waals surface area (Å²) in [6.45, 7) is 1.62. The number of Topliss-reactive ketones (excluding diaryl/α,β-unsaturated/α-hetero) is 1. The van der Waals surface area contributed by atoms with Crippen molar-refractivity contribution < 1.29 is 14.6 Å². The first-order chi connectivity index (χ1) is 8.61. The van der Waals surface area contributed by atoms with Crippen molar-refractivity contribution in [3.05, 3.63) is 35.9 Å². The van der Waals surface area contributed by atoms with Crippen LogP contribution in [0.2, 0.25) is 0 Å². The predicted octanol–water partition coefficient (Wildman–Crippen LogP) is 2.76. The van der Waals surface area contributed by atoms with E-state index in [4.69, 9.17) is 11.2 Å². The van der Waals surface area contributed by atoms with Crippen molar-refractivity contribution in [1.82, 2.24) is 0 Å². The highest BCUT2D eigenvalue weighted by Gasteiger charge is 2.08. The number of benzene rings is 2. The van der Waals surface area contributed by atoms with Crippen molar-refractivity contribution in [2.45, 2.75) is 6.92 Å². The van der Waals surface area contributed by atoms with Crippen LogP contribution in [0.4, 0.5) is 0 Å². The van der Waals surface area contributed by atoms with E-state index in [9.17, 15) is 9.90 Å². The SMILES string of the molecule is C#CCOc1ccc2cc(C(C)=O)c(O)cc2c1. The summed E-state index contributed by atoms with van der Waals surface area (Å²) in [5.41, 5.74) is 0.319. The van der Waals surface area contributed by atoms with Crippen LogP contribution in [0.25, 0.3) is 10.8 Å². The molecule has 2 aromatic carbocycles. The molecule has 3 heteroatoms. The molecule has 3 nitrogen and oxygen atoms in total. The summed E-state index contributed by atoms with van der Waals surface area (Å²) in [5, 5.41) is 11.4. The van der Waals surface area contributed by atoms with Crippen LogP contribution in [0.15, 0.2) is 30.3 Å². The second kappa shape index (κ2) is 4.80. The molecule has 2 rings (SSSR count). The molecule has 0 spiro atoms. The Hall–Kier alpha value is -2.47. The van der Waals surface area contributed by atoms with Gasteiger partial charge in [0, 0.05) is 0 Å². The van der Waals surface area contributed by atoms with E-state index in [1.54, 1.807) is 24.3 Å². The monoisotopic (exact) mass is 240 g/mol. The van der Waals surface area contributed by atoms with Gasteiger partial charge in [0.05, 0.1) is 5.56 Å². The van der Waals surface area contributed by atoms with Crippen LogP contribution < -0.4 is 4.74 Å². The van der Waals surface area contributed by atoms with Gasteiger partial charge in [-0.3, -0.25) is 4.79 Å². The summed E-state index contributed by atoms with van der Waals surface area (Å²) in [5.74, 6) is 2.83. The number of rotatable bonds is 3. The van der Waals surface area contributed by atoms with Gasteiger partial charge in [-0.2, -0.15) is 0 Å². The number of hydrogen-bond donors (Lipinski definition) is 1. The summed E-state index contributed by atoms with van der Waals surface area (Å²) in [6.07, 6.45) is 5.11. The number of fused-ring (bicyclic) bond motifs is 1. The van der Waals surface area contributed by atoms with E-state index in [0.717, 1.165) is 10.8 Å². The summed E-state index contributed by atoms with van der Waals surface area (Å²) in [4.78, 5) is 11.3. The van der Waals surface area contributed by atoms with Crippen LogP contribution in [0.5, 0.6) is 11.5 Å². The lowest BCUT2D eigenvalue weighted by molar-refractivity contribution is 0.101. The van der Waals surface area contributed by atoms with Crippen LogP contribution in [0, 0.1) is 12.3 Å². The zero-order chi connectivity index (χ0) is 13.1. The molecular formula is C15H12O3. The molecule has 0 radical (unpaired) electrons. The van der Waals surface area contributed by atoms with Gasteiger partial charge in [-0.25, -0.2) is 0 Å². The van der Waals surface area contributed by atoms with Crippen molar-refractivity contribution in [2.75, 3.05) is 6.61 Å². The van der Waals surface area contributed by atoms with E-state index in [0.29, 0.717) is 11.3 Å². The summed E-state index contributed by atoms with van der Waals surface area (Å²) >= 11 is 0. The molecule has 0 bridgehead atoms. The quantitative estimate of drug-likeness (QED) is 0.662. The molecule has 0 heterocycles. The van der Waals surface area contributed by atoms with E-state index < -0.39 is 0 Å². The van der Waals surface area contributed by atoms with Crippen LogP contribution >= 0.6 is 0 Å². The summed E-state index contributed by atoms with van der Waals surface area (Å²) in [7, 11) is 0. The molecule has 0 saturated heterocycles. The number of phenols is 1. The van der Waals surface area contributed by atoms with Gasteiger partial charge in [0.1, 0.15) is 18.1 Å². The Bertz CT molecular complexity index is 651. The van der Waals surface area contributed by atoms with Crippen LogP contribution in [-0.2, 0) is 0 Å². The maximum Gasteiger partial charge on any atom is 0.163 e. The van der Waals surface area contributed by atoms with E-state index in [-0.39, 0.29) is 18.1 Å². The molecule has 0 aliphatic heterocycles. The molecule has 0 aliphatic carbocycles. The number of ether oxygens (including phenoxy) is 1. The first-order valence-corrected chi connectivity index (χ1v) is 5.46. The molecule has 0 saturated carbocycles. The van der Waals surface area contributed by atoms with Gasteiger partial charge >= 0.3 is 0 Å². The van der Waals surface area contributed by atoms with E-state index in [2.05, 4.69) is 5.92 Å². The Balaban J connectivity index is 2.49. The summed E-state index contributed by atoms with van der Waals surface area (Å²) < 4.78 is 5.30. The van der Waals surface area contributed by atoms with Crippen molar-refractivity contribution in [1.29, 1.82) is 0 Å². The lowest BCUT2D eigenvalue weighted by atomic mass is 10.0. The molecule has 0 amide bonds. The fourth-order valence-electron chi connectivity index (χ4n) is 1.76. The highest BCUT2D eigenvalue weighted by molar-refractivity contribution is 6.01. The summed E-state index contributed by atoms with van der Waals surface area (Å²) in [6, 6.07) is 8.59. The lowest BCUT2D eigenvalue weighted by Gasteiger charge is -2.07. The Morgan fingerprint density at radius 2 is 2.11 bits per heavy atom. The minimum Gasteiger partial charge on any atom is -0.507 e. The zero-order valence-corrected chi connectivity index (χ0v) is 9.93. The largest absolute Gasteiger partial charge is 0.507 e. The van der Waals surface area contributed by atoms with Crippen LogP contribution in [0.1, 0.15) is 17.3 Å². The van der Waals surface area contributed by atoms with Gasteiger partial charge in [0.2, 0.25) is 0 Å². The van der Waals surface area contributed by atoms with Crippen LogP contribution in [0.3, 0.4) is 0 Å². The minimum atomic E-state index is -0.165. The third-order valence-corrected chi connectivity index (χ3v) is 2.63. The molecule has 18 heavy (non-hydrogen) atoms. The van der Waals surface area contributed by atoms with Crippen molar-refractivity contribution in [3.8, 4) is 23.8 Å². The van der Waals surface area contributed by atoms with Gasteiger partial charge in [-0.1, -0.05) is 12.0 Å². The number of carbonyl (C=O) groups excluding carboxylic acids is 1. The standard InChI is InChI=1S/C15H12O3/c1-3-6-18-13-5-4-11-8-14(10(2)16)15(17)9-12(11)7-13/h1,4-5,7-9,17H,6H2,2H3. The molecule has 0 unspecified atom stereocenters. The predicted molar refractivity (Wildman–Crippen MR) is 69.9 cm³/mol. The average molecular weight is 240 g/mol. The fraction of sp³-hybridized carbons (Fsp3) is 0.133. The zero-order valence-electron chi connectivity index (χ0n) is 9.93. The first-order valence-electron chi connectivity index (χ1n) is 5.46. The fourth-order valence-corrected chi connectivity index (χ4v) is 1.76. The topological polar surface area (TPSA) is 46.5 Å². The lowest BCUT2D eigenvalue weighted by Crippen LogP contribution is -1.95. The normalized spacial score (nSPS) is 10.0. The number of hydrogen-bond acceptors (Lipinski definition) is 3. The molecule has 0 fully saturated rings. The maximum atomic E-state index is 11.3. The van der Waals surface area contributed by atoms with E-state index >= 15 is 0 Å². The van der Waals surface area contributed by atoms with E-state index in [1.807, 2.05) is 6.07 Å². The molecule has 90 valence electrons. The Kier molecular flexibility index (Phi) is 3.20. The third-order valence-electron chi connectivity index (χ3n) is 2.63. The maximum absolute atomic E-state index is 11.3. The number of terminal acetylenes is 1. The van der Waals surface area contributed by atoms with E-state index in [1.165, 1.54) is 6.92 Å². The molecule has 0 aliphatic rings. The number of ketones is 1. The first kappa shape index (κ1) is 12.0. The smallest absolute Gasteiger partial charge is 0.163 e. The van der Waals surface area contributed by atoms with Gasteiger partial charge in [0.15, 0.2) is 5.78 Å². The van der Waals surface area contributed by atoms with Crippen molar-refractivity contribution >= 4 is 16.6 Å². The molecule has 0 atom stereocenters. The van der Waals surface area contributed by atoms with Gasteiger partial charge in [-0.05, 0) is 42.0 Å². The third kappa shape index (κ3) is 2.28. The molecule has 0 aromatic heterocycles. The Morgan fingerprint density at radius 3 is 2.78 bits per heavy atom. The second-order valence-electron chi connectivity index (χ2n) is 3.93. The number of carbonyl (C=O) groups is 1. The van der Waals surface area contributed by atoms with Crippen LogP contribution in [-0.4, -0.2) is 17.5 Å². The second-order valence-corrected chi connectivity index (χ2v) is 3.93. The number of phenolic OH excluding ortho intramolecular Hbond substituents is 1. The van der Waals surface area contributed by atoms with Crippen molar-refractivity contribution in [2.24, 2.45) is 0 Å². The highest BCUT2D eigenvalue weighted by atomic mass is 16.5. The van der Waals surface area contributed by atoms with Gasteiger partial charge in [-0.15, -0.1) is 6.42 Å². The molecule has 1 N–H and O–H groups in total.